The number of hydrogen-bond donors (Lipinski definition) is 3. The van der Waals surface area contributed by atoms with Crippen molar-refractivity contribution in [2.75, 3.05) is 26.0 Å². The molecule has 126 valence electrons. The van der Waals surface area contributed by atoms with E-state index in [1.807, 2.05) is 11.9 Å². The first-order valence-electron chi connectivity index (χ1n) is 6.31. The number of hydrogen-bond acceptors (Lipinski definition) is 6. The second-order valence-electron chi connectivity index (χ2n) is 4.34. The lowest BCUT2D eigenvalue weighted by atomic mass is 10.2. The highest BCUT2D eigenvalue weighted by Gasteiger charge is 2.33. The normalized spacial score (nSPS) is 22.2. The standard InChI is InChI=1S/C7H14N2O2.C4H8O3.CH2Cl2/c1-9-4-5(8)3-6(9)7(10)11-2;1-2-3(5)4(6)7;2-1-3/h5-6H,3-4,8H2,1-2H3;3,5H,2H2,1H3,(H,6,7);1H2. The third-order valence-electron chi connectivity index (χ3n) is 2.73. The molecule has 1 rings (SSSR count). The van der Waals surface area contributed by atoms with Crippen molar-refractivity contribution in [3.63, 3.8) is 0 Å². The second-order valence-corrected chi connectivity index (χ2v) is 5.15. The molecular weight excluding hydrogens is 323 g/mol. The summed E-state index contributed by atoms with van der Waals surface area (Å²) in [4.78, 5) is 22.7. The molecule has 0 aromatic heterocycles. The van der Waals surface area contributed by atoms with Crippen LogP contribution in [0.1, 0.15) is 19.8 Å². The van der Waals surface area contributed by atoms with Crippen molar-refractivity contribution in [2.45, 2.75) is 38.0 Å². The van der Waals surface area contributed by atoms with Gasteiger partial charge in [0.25, 0.3) is 0 Å². The highest BCUT2D eigenvalue weighted by atomic mass is 35.5. The van der Waals surface area contributed by atoms with Crippen LogP contribution in [0.2, 0.25) is 0 Å². The molecule has 0 aromatic rings. The average molecular weight is 347 g/mol. The molecule has 1 heterocycles. The fourth-order valence-electron chi connectivity index (χ4n) is 1.63. The molecular formula is C12H24Cl2N2O5. The molecule has 1 saturated heterocycles. The van der Waals surface area contributed by atoms with Gasteiger partial charge in [-0.15, -0.1) is 23.2 Å². The van der Waals surface area contributed by atoms with Gasteiger partial charge in [0.05, 0.1) is 12.4 Å². The predicted octanol–water partition coefficient (Wildman–Crippen LogP) is 0.454. The van der Waals surface area contributed by atoms with Crippen molar-refractivity contribution in [2.24, 2.45) is 5.73 Å². The first kappa shape index (κ1) is 22.7. The summed E-state index contributed by atoms with van der Waals surface area (Å²) in [6, 6.07) is -0.0147. The van der Waals surface area contributed by atoms with Crippen molar-refractivity contribution in [1.82, 2.24) is 4.90 Å². The zero-order valence-electron chi connectivity index (χ0n) is 12.5. The zero-order chi connectivity index (χ0) is 17.0. The molecule has 9 heteroatoms. The number of nitrogens with two attached hydrogens (primary N) is 1. The fourth-order valence-corrected chi connectivity index (χ4v) is 1.63. The summed E-state index contributed by atoms with van der Waals surface area (Å²) in [5.74, 6) is -1.33. The van der Waals surface area contributed by atoms with Gasteiger partial charge in [0.15, 0.2) is 6.10 Å². The summed E-state index contributed by atoms with van der Waals surface area (Å²) in [7, 11) is 3.29. The molecule has 21 heavy (non-hydrogen) atoms. The number of alkyl halides is 2. The van der Waals surface area contributed by atoms with Gasteiger partial charge in [-0.1, -0.05) is 6.92 Å². The van der Waals surface area contributed by atoms with Gasteiger partial charge in [-0.05, 0) is 19.9 Å². The molecule has 3 atom stereocenters. The highest BCUT2D eigenvalue weighted by molar-refractivity contribution is 6.40. The van der Waals surface area contributed by atoms with Crippen LogP contribution >= 0.6 is 23.2 Å². The Morgan fingerprint density at radius 3 is 2.14 bits per heavy atom. The summed E-state index contributed by atoms with van der Waals surface area (Å²) >= 11 is 9.53. The molecule has 0 amide bonds. The van der Waals surface area contributed by atoms with Gasteiger partial charge in [0.1, 0.15) is 6.04 Å². The topological polar surface area (TPSA) is 113 Å². The number of carboxylic acid groups (broad SMARTS) is 1. The van der Waals surface area contributed by atoms with E-state index >= 15 is 0 Å². The second kappa shape index (κ2) is 13.1. The highest BCUT2D eigenvalue weighted by Crippen LogP contribution is 2.14. The minimum absolute atomic E-state index is 0.115. The Morgan fingerprint density at radius 1 is 1.48 bits per heavy atom. The molecule has 4 N–H and O–H groups in total. The molecule has 0 bridgehead atoms. The number of nitrogens with zero attached hydrogens (tertiary/aromatic N) is 1. The minimum atomic E-state index is -1.18. The van der Waals surface area contributed by atoms with Crippen LogP contribution in [0.15, 0.2) is 0 Å². The van der Waals surface area contributed by atoms with E-state index in [1.165, 1.54) is 7.11 Å². The number of likely N-dealkylation sites (N-methyl/N-ethyl adjacent to an activating group) is 1. The van der Waals surface area contributed by atoms with E-state index in [2.05, 4.69) is 4.74 Å². The summed E-state index contributed by atoms with van der Waals surface area (Å²) in [6.45, 7) is 2.39. The monoisotopic (exact) mass is 346 g/mol. The number of carbonyl (C=O) groups excluding carboxylic acids is 1. The third kappa shape index (κ3) is 10.7. The molecule has 0 aromatic carbocycles. The molecule has 0 saturated carbocycles. The summed E-state index contributed by atoms with van der Waals surface area (Å²) in [5, 5.41) is 16.5. The van der Waals surface area contributed by atoms with E-state index < -0.39 is 12.1 Å². The van der Waals surface area contributed by atoms with E-state index in [1.54, 1.807) is 6.92 Å². The van der Waals surface area contributed by atoms with Crippen LogP contribution in [0.5, 0.6) is 0 Å². The van der Waals surface area contributed by atoms with Gasteiger partial charge >= 0.3 is 11.9 Å². The number of halogens is 2. The van der Waals surface area contributed by atoms with Crippen LogP contribution in [0.4, 0.5) is 0 Å². The van der Waals surface area contributed by atoms with Crippen molar-refractivity contribution >= 4 is 35.1 Å². The Kier molecular flexibility index (Phi) is 14.1. The van der Waals surface area contributed by atoms with Gasteiger partial charge in [0, 0.05) is 12.6 Å². The van der Waals surface area contributed by atoms with Crippen molar-refractivity contribution in [3.05, 3.63) is 0 Å². The number of rotatable bonds is 3. The van der Waals surface area contributed by atoms with Gasteiger partial charge in [-0.3, -0.25) is 9.69 Å². The Hall–Kier alpha value is -0.600. The number of ether oxygens (including phenoxy) is 1. The SMILES string of the molecule is CCC(O)C(=O)O.COC(=O)C1CC(N)CN1C.ClCCl. The number of aliphatic hydroxyl groups excluding tert-OH is 1. The van der Waals surface area contributed by atoms with Crippen LogP contribution in [0.25, 0.3) is 0 Å². The largest absolute Gasteiger partial charge is 0.479 e. The van der Waals surface area contributed by atoms with Crippen molar-refractivity contribution < 1.29 is 24.5 Å². The maximum absolute atomic E-state index is 11.1. The number of likely N-dealkylation sites (tertiary alicyclic amines) is 1. The molecule has 1 aliphatic heterocycles. The van der Waals surface area contributed by atoms with Crippen LogP contribution in [-0.4, -0.2) is 71.3 Å². The Labute approximate surface area is 134 Å². The number of aliphatic hydroxyl groups is 1. The lowest BCUT2D eigenvalue weighted by Crippen LogP contribution is -2.33. The van der Waals surface area contributed by atoms with Crippen molar-refractivity contribution in [3.8, 4) is 0 Å². The minimum Gasteiger partial charge on any atom is -0.479 e. The molecule has 0 radical (unpaired) electrons. The van der Waals surface area contributed by atoms with Gasteiger partial charge in [-0.2, -0.15) is 0 Å². The summed E-state index contributed by atoms with van der Waals surface area (Å²) in [5.41, 5.74) is 5.66. The van der Waals surface area contributed by atoms with Gasteiger partial charge in [-0.25, -0.2) is 4.79 Å². The average Bonchev–Trinajstić information content (AvgIpc) is 2.77. The third-order valence-corrected chi connectivity index (χ3v) is 2.73. The molecule has 7 nitrogen and oxygen atoms in total. The van der Waals surface area contributed by atoms with E-state index in [-0.39, 0.29) is 29.8 Å². The van der Waals surface area contributed by atoms with Gasteiger partial charge < -0.3 is 20.7 Å². The Bertz CT molecular complexity index is 307. The molecule has 3 unspecified atom stereocenters. The number of methoxy groups -OCH3 is 1. The summed E-state index contributed by atoms with van der Waals surface area (Å²) in [6.07, 6.45) is -0.196. The van der Waals surface area contributed by atoms with E-state index in [4.69, 9.17) is 39.1 Å². The quantitative estimate of drug-likeness (QED) is 0.502. The lowest BCUT2D eigenvalue weighted by Gasteiger charge is -2.15. The van der Waals surface area contributed by atoms with E-state index in [0.29, 0.717) is 6.42 Å². The number of aliphatic carboxylic acids is 1. The Balaban J connectivity index is 0. The predicted molar refractivity (Wildman–Crippen MR) is 81.5 cm³/mol. The molecule has 0 spiro atoms. The maximum atomic E-state index is 11.1. The van der Waals surface area contributed by atoms with Crippen LogP contribution in [-0.2, 0) is 14.3 Å². The van der Waals surface area contributed by atoms with Crippen LogP contribution in [0, 0.1) is 0 Å². The summed E-state index contributed by atoms with van der Waals surface area (Å²) < 4.78 is 4.62. The smallest absolute Gasteiger partial charge is 0.332 e. The maximum Gasteiger partial charge on any atom is 0.332 e. The number of esters is 1. The van der Waals surface area contributed by atoms with Gasteiger partial charge in [0.2, 0.25) is 0 Å². The first-order valence-corrected chi connectivity index (χ1v) is 7.38. The first-order chi connectivity index (χ1) is 9.74. The molecule has 1 aliphatic rings. The fraction of sp³-hybridized carbons (Fsp3) is 0.833. The molecule has 0 aliphatic carbocycles. The van der Waals surface area contributed by atoms with E-state index in [0.717, 1.165) is 6.54 Å². The van der Waals surface area contributed by atoms with Crippen molar-refractivity contribution in [1.29, 1.82) is 0 Å². The van der Waals surface area contributed by atoms with E-state index in [9.17, 15) is 9.59 Å². The van der Waals surface area contributed by atoms with Crippen LogP contribution in [0.3, 0.4) is 0 Å². The van der Waals surface area contributed by atoms with Crippen LogP contribution < -0.4 is 5.73 Å². The lowest BCUT2D eigenvalue weighted by molar-refractivity contribution is -0.147. The number of carbonyl (C=O) groups is 2. The zero-order valence-corrected chi connectivity index (χ0v) is 14.0. The number of carboxylic acids is 1. The molecule has 1 fully saturated rings. The Morgan fingerprint density at radius 2 is 1.95 bits per heavy atom.